The standard InChI is InChI=1S/C27H23Cl2N3O6S.Na/c1-3-15-9-12-22(39(35,36)37)25(23(15)29)32-31-24-18-8-6-5-7-16(18)13-19(26(24)33)27(34)30-20-14-17(28)10-11-21(20)38-4-2;/h5-14,33H,3-4H2,1-2H3,(H,30,34)(H,35,36,37);/q;+1/p-1. The predicted molar refractivity (Wildman–Crippen MR) is 149 cm³/mol. The summed E-state index contributed by atoms with van der Waals surface area (Å²) in [5.74, 6) is -1.13. The Morgan fingerprint density at radius 3 is 2.40 bits per heavy atom. The number of amides is 1. The monoisotopic (exact) mass is 609 g/mol. The molecule has 2 N–H and O–H groups in total. The molecule has 0 unspecified atom stereocenters. The van der Waals surface area contributed by atoms with Gasteiger partial charge in [0.25, 0.3) is 16.0 Å². The molecule has 4 aromatic carbocycles. The zero-order valence-electron chi connectivity index (χ0n) is 21.7. The first kappa shape index (κ1) is 31.8. The first-order valence-corrected chi connectivity index (χ1v) is 13.9. The number of halogens is 2. The smallest absolute Gasteiger partial charge is 0.870 e. The van der Waals surface area contributed by atoms with Crippen molar-refractivity contribution in [3.05, 3.63) is 81.8 Å². The maximum absolute atomic E-state index is 13.5. The Hall–Kier alpha value is -2.70. The molecule has 0 bridgehead atoms. The van der Waals surface area contributed by atoms with Crippen LogP contribution < -0.4 is 44.7 Å². The molecule has 1 amide bonds. The summed E-state index contributed by atoms with van der Waals surface area (Å²) >= 11 is 12.5. The van der Waals surface area contributed by atoms with Crippen LogP contribution in [-0.2, 0) is 16.5 Å². The van der Waals surface area contributed by atoms with Crippen LogP contribution in [0.3, 0.4) is 0 Å². The molecule has 0 aliphatic carbocycles. The number of benzene rings is 4. The van der Waals surface area contributed by atoms with Crippen LogP contribution in [0.15, 0.2) is 75.8 Å². The fourth-order valence-electron chi connectivity index (χ4n) is 3.91. The van der Waals surface area contributed by atoms with Crippen molar-refractivity contribution in [2.24, 2.45) is 10.2 Å². The number of ether oxygens (including phenoxy) is 1. The van der Waals surface area contributed by atoms with Crippen molar-refractivity contribution in [2.45, 2.75) is 25.2 Å². The number of carbonyl (C=O) groups excluding carboxylic acids is 1. The van der Waals surface area contributed by atoms with Crippen LogP contribution in [0.4, 0.5) is 17.1 Å². The third-order valence-electron chi connectivity index (χ3n) is 5.78. The Morgan fingerprint density at radius 1 is 1.02 bits per heavy atom. The fraction of sp³-hybridized carbons (Fsp3) is 0.148. The van der Waals surface area contributed by atoms with Crippen molar-refractivity contribution in [2.75, 3.05) is 11.9 Å². The number of azo groups is 1. The van der Waals surface area contributed by atoms with Gasteiger partial charge in [0.15, 0.2) is 0 Å². The normalized spacial score (nSPS) is 11.4. The summed E-state index contributed by atoms with van der Waals surface area (Å²) in [6.45, 7) is 3.93. The SMILES string of the molecule is CCOc1ccc(Cl)cc1NC(=O)c1cc2ccccc2c(N=Nc2c(S(=O)(=O)O)ccc(CC)c2Cl)c1[O-].[Na+]. The number of hydrogen-bond acceptors (Lipinski definition) is 7. The van der Waals surface area contributed by atoms with Crippen LogP contribution >= 0.6 is 23.2 Å². The average Bonchev–Trinajstić information content (AvgIpc) is 2.89. The number of nitrogens with one attached hydrogen (secondary N) is 1. The number of anilines is 1. The first-order chi connectivity index (χ1) is 18.5. The van der Waals surface area contributed by atoms with Gasteiger partial charge in [-0.25, -0.2) is 0 Å². The third kappa shape index (κ3) is 6.77. The summed E-state index contributed by atoms with van der Waals surface area (Å²) in [6, 6.07) is 15.4. The van der Waals surface area contributed by atoms with Crippen molar-refractivity contribution < 1.29 is 57.2 Å². The third-order valence-corrected chi connectivity index (χ3v) is 7.32. The first-order valence-electron chi connectivity index (χ1n) is 11.7. The van der Waals surface area contributed by atoms with E-state index in [9.17, 15) is 22.9 Å². The van der Waals surface area contributed by atoms with E-state index in [1.165, 1.54) is 18.2 Å². The van der Waals surface area contributed by atoms with Crippen LogP contribution in [-0.4, -0.2) is 25.5 Å². The van der Waals surface area contributed by atoms with E-state index in [1.807, 2.05) is 0 Å². The molecule has 202 valence electrons. The van der Waals surface area contributed by atoms with Crippen LogP contribution in [0.2, 0.25) is 10.0 Å². The molecule has 0 aliphatic rings. The average molecular weight is 610 g/mol. The number of fused-ring (bicyclic) bond motifs is 1. The topological polar surface area (TPSA) is 140 Å². The van der Waals surface area contributed by atoms with Crippen molar-refractivity contribution in [3.8, 4) is 11.5 Å². The number of hydrogen-bond donors (Lipinski definition) is 2. The maximum Gasteiger partial charge on any atom is 1.00 e. The second-order valence-corrected chi connectivity index (χ2v) is 10.5. The molecule has 0 atom stereocenters. The van der Waals surface area contributed by atoms with Gasteiger partial charge in [-0.3, -0.25) is 9.35 Å². The Kier molecular flexibility index (Phi) is 10.6. The minimum absolute atomic E-state index is 0. The van der Waals surface area contributed by atoms with Gasteiger partial charge in [0.1, 0.15) is 16.3 Å². The Bertz CT molecular complexity index is 1730. The molecule has 0 radical (unpaired) electrons. The summed E-state index contributed by atoms with van der Waals surface area (Å²) in [5, 5.41) is 25.4. The van der Waals surface area contributed by atoms with E-state index in [1.54, 1.807) is 50.2 Å². The number of nitrogens with zero attached hydrogens (tertiary/aromatic N) is 2. The maximum atomic E-state index is 13.5. The fourth-order valence-corrected chi connectivity index (χ4v) is 5.10. The number of aryl methyl sites for hydroxylation is 1. The quantitative estimate of drug-likeness (QED) is 0.175. The molecule has 0 spiro atoms. The Labute approximate surface area is 263 Å². The van der Waals surface area contributed by atoms with E-state index in [4.69, 9.17) is 27.9 Å². The summed E-state index contributed by atoms with van der Waals surface area (Å²) in [7, 11) is -4.71. The van der Waals surface area contributed by atoms with E-state index in [0.717, 1.165) is 6.07 Å². The molecule has 0 aromatic heterocycles. The van der Waals surface area contributed by atoms with Gasteiger partial charge in [-0.05, 0) is 54.6 Å². The van der Waals surface area contributed by atoms with Gasteiger partial charge < -0.3 is 15.2 Å². The van der Waals surface area contributed by atoms with Crippen LogP contribution in [0.1, 0.15) is 29.8 Å². The molecule has 13 heteroatoms. The Morgan fingerprint density at radius 2 is 1.73 bits per heavy atom. The molecule has 4 aromatic rings. The molecule has 40 heavy (non-hydrogen) atoms. The summed E-state index contributed by atoms with van der Waals surface area (Å²) in [4.78, 5) is 12.7. The van der Waals surface area contributed by atoms with E-state index >= 15 is 0 Å². The van der Waals surface area contributed by atoms with Gasteiger partial charge in [-0.2, -0.15) is 13.5 Å². The van der Waals surface area contributed by atoms with E-state index < -0.39 is 26.7 Å². The molecule has 4 rings (SSSR count). The molecular weight excluding hydrogens is 588 g/mol. The van der Waals surface area contributed by atoms with Crippen LogP contribution in [0, 0.1) is 0 Å². The van der Waals surface area contributed by atoms with Crippen LogP contribution in [0.25, 0.3) is 10.8 Å². The van der Waals surface area contributed by atoms with Gasteiger partial charge in [0.05, 0.1) is 23.0 Å². The molecule has 0 saturated heterocycles. The molecule has 0 saturated carbocycles. The zero-order chi connectivity index (χ0) is 28.3. The van der Waals surface area contributed by atoms with Crippen molar-refractivity contribution in [1.82, 2.24) is 0 Å². The largest absolute Gasteiger partial charge is 1.00 e. The molecule has 9 nitrogen and oxygen atoms in total. The van der Waals surface area contributed by atoms with Gasteiger partial charge in [0.2, 0.25) is 0 Å². The summed E-state index contributed by atoms with van der Waals surface area (Å²) in [6.07, 6.45) is 0.450. The molecular formula is C27H22Cl2N3NaO6S. The van der Waals surface area contributed by atoms with Crippen molar-refractivity contribution in [3.63, 3.8) is 0 Å². The Balaban J connectivity index is 0.00000441. The summed E-state index contributed by atoms with van der Waals surface area (Å²) < 4.78 is 39.2. The van der Waals surface area contributed by atoms with Crippen LogP contribution in [0.5, 0.6) is 11.5 Å². The van der Waals surface area contributed by atoms with Gasteiger partial charge in [-0.15, -0.1) is 5.11 Å². The second-order valence-electron chi connectivity index (χ2n) is 8.26. The second kappa shape index (κ2) is 13.3. The number of carbonyl (C=O) groups is 1. The predicted octanol–water partition coefficient (Wildman–Crippen LogP) is 4.10. The molecule has 0 fully saturated rings. The minimum Gasteiger partial charge on any atom is -0.870 e. The van der Waals surface area contributed by atoms with Gasteiger partial charge >= 0.3 is 29.6 Å². The van der Waals surface area contributed by atoms with E-state index in [2.05, 4.69) is 15.5 Å². The van der Waals surface area contributed by atoms with Crippen molar-refractivity contribution >= 4 is 67.1 Å². The molecule has 0 aliphatic heterocycles. The van der Waals surface area contributed by atoms with Gasteiger partial charge in [-0.1, -0.05) is 66.2 Å². The number of rotatable bonds is 8. The minimum atomic E-state index is -4.71. The summed E-state index contributed by atoms with van der Waals surface area (Å²) in [5.41, 5.74) is 0.0512. The van der Waals surface area contributed by atoms with Gasteiger partial charge in [0, 0.05) is 16.0 Å². The van der Waals surface area contributed by atoms with E-state index in [-0.39, 0.29) is 57.2 Å². The zero-order valence-corrected chi connectivity index (χ0v) is 26.1. The van der Waals surface area contributed by atoms with Crippen molar-refractivity contribution in [1.29, 1.82) is 0 Å². The molecule has 0 heterocycles. The van der Waals surface area contributed by atoms with E-state index in [0.29, 0.717) is 40.1 Å².